The molecule has 0 aromatic carbocycles. The van der Waals surface area contributed by atoms with E-state index in [-0.39, 0.29) is 23.1 Å². The third-order valence-electron chi connectivity index (χ3n) is 3.63. The van der Waals surface area contributed by atoms with Gasteiger partial charge in [0.15, 0.2) is 5.69 Å². The van der Waals surface area contributed by atoms with Crippen molar-refractivity contribution in [1.29, 1.82) is 0 Å². The van der Waals surface area contributed by atoms with Gasteiger partial charge in [0, 0.05) is 16.6 Å². The van der Waals surface area contributed by atoms with Gasteiger partial charge in [-0.25, -0.2) is 13.2 Å². The number of aromatic nitrogens is 2. The highest BCUT2D eigenvalue weighted by Gasteiger charge is 2.37. The van der Waals surface area contributed by atoms with Gasteiger partial charge in [0.25, 0.3) is 9.05 Å². The summed E-state index contributed by atoms with van der Waals surface area (Å²) >= 11 is 0. The average Bonchev–Trinajstić information content (AvgIpc) is 3.27. The highest BCUT2D eigenvalue weighted by molar-refractivity contribution is 8.13. The number of esters is 1. The maximum atomic E-state index is 11.9. The number of nitrogens with zero attached hydrogens (tertiary/aromatic N) is 1. The van der Waals surface area contributed by atoms with E-state index in [2.05, 4.69) is 10.2 Å². The van der Waals surface area contributed by atoms with E-state index in [9.17, 15) is 13.2 Å². The molecule has 0 saturated heterocycles. The molecule has 20 heavy (non-hydrogen) atoms. The van der Waals surface area contributed by atoms with Crippen molar-refractivity contribution < 1.29 is 17.9 Å². The Kier molecular flexibility index (Phi) is 3.50. The summed E-state index contributed by atoms with van der Waals surface area (Å²) in [5, 5.41) is 6.41. The molecule has 6 nitrogen and oxygen atoms in total. The zero-order valence-corrected chi connectivity index (χ0v) is 12.3. The number of hydrogen-bond acceptors (Lipinski definition) is 5. The lowest BCUT2D eigenvalue weighted by Crippen LogP contribution is -2.11. The molecule has 3 rings (SSSR count). The third-order valence-corrected chi connectivity index (χ3v) is 4.99. The topological polar surface area (TPSA) is 89.1 Å². The van der Waals surface area contributed by atoms with Crippen LogP contribution in [-0.4, -0.2) is 31.2 Å². The Hall–Kier alpha value is -1.08. The van der Waals surface area contributed by atoms with Crippen molar-refractivity contribution in [3.8, 4) is 0 Å². The van der Waals surface area contributed by atoms with Gasteiger partial charge in [0.1, 0.15) is 4.90 Å². The van der Waals surface area contributed by atoms with Gasteiger partial charge in [0.2, 0.25) is 0 Å². The van der Waals surface area contributed by atoms with Gasteiger partial charge in [-0.2, -0.15) is 5.10 Å². The summed E-state index contributed by atoms with van der Waals surface area (Å²) in [4.78, 5) is 11.7. The van der Waals surface area contributed by atoms with Gasteiger partial charge in [-0.1, -0.05) is 12.8 Å². The van der Waals surface area contributed by atoms with Crippen molar-refractivity contribution in [1.82, 2.24) is 10.2 Å². The van der Waals surface area contributed by atoms with Crippen molar-refractivity contribution in [2.24, 2.45) is 5.92 Å². The molecule has 2 saturated carbocycles. The Morgan fingerprint density at radius 1 is 1.35 bits per heavy atom. The minimum atomic E-state index is -4.02. The summed E-state index contributed by atoms with van der Waals surface area (Å²) in [6.07, 6.45) is 4.91. The summed E-state index contributed by atoms with van der Waals surface area (Å²) < 4.78 is 28.4. The van der Waals surface area contributed by atoms with Crippen LogP contribution in [0.1, 0.15) is 54.2 Å². The molecule has 1 aromatic rings. The van der Waals surface area contributed by atoms with Crippen LogP contribution in [0.3, 0.4) is 0 Å². The number of aromatic amines is 1. The van der Waals surface area contributed by atoms with Crippen LogP contribution in [-0.2, 0) is 13.8 Å². The van der Waals surface area contributed by atoms with Crippen LogP contribution in [0.2, 0.25) is 0 Å². The first-order chi connectivity index (χ1) is 9.47. The highest BCUT2D eigenvalue weighted by atomic mass is 35.7. The van der Waals surface area contributed by atoms with Crippen LogP contribution in [0, 0.1) is 5.92 Å². The quantitative estimate of drug-likeness (QED) is 0.641. The average molecular weight is 319 g/mol. The molecule has 110 valence electrons. The molecule has 1 N–H and O–H groups in total. The van der Waals surface area contributed by atoms with Crippen molar-refractivity contribution in [3.05, 3.63) is 11.4 Å². The fraction of sp³-hybridized carbons (Fsp3) is 0.667. The van der Waals surface area contributed by atoms with E-state index >= 15 is 0 Å². The first-order valence-electron chi connectivity index (χ1n) is 6.67. The Balaban J connectivity index is 1.78. The van der Waals surface area contributed by atoms with Crippen LogP contribution in [0.25, 0.3) is 0 Å². The van der Waals surface area contributed by atoms with E-state index in [0.29, 0.717) is 11.6 Å². The molecule has 1 aromatic heterocycles. The Bertz CT molecular complexity index is 632. The summed E-state index contributed by atoms with van der Waals surface area (Å²) in [5.41, 5.74) is 0.201. The number of hydrogen-bond donors (Lipinski definition) is 1. The van der Waals surface area contributed by atoms with Gasteiger partial charge in [0.05, 0.1) is 12.3 Å². The van der Waals surface area contributed by atoms with Gasteiger partial charge < -0.3 is 4.74 Å². The SMILES string of the molecule is O=C(OCCC1CC1)c1n[nH]c(C2CC2)c1S(=O)(=O)Cl. The second-order valence-electron chi connectivity index (χ2n) is 5.40. The first kappa shape index (κ1) is 13.9. The van der Waals surface area contributed by atoms with Crippen LogP contribution in [0.15, 0.2) is 4.90 Å². The maximum absolute atomic E-state index is 11.9. The van der Waals surface area contributed by atoms with Gasteiger partial charge >= 0.3 is 5.97 Å². The predicted octanol–water partition coefficient (Wildman–Crippen LogP) is 2.17. The maximum Gasteiger partial charge on any atom is 0.360 e. The zero-order chi connectivity index (χ0) is 14.3. The van der Waals surface area contributed by atoms with Crippen molar-refractivity contribution in [2.45, 2.75) is 42.9 Å². The summed E-state index contributed by atoms with van der Waals surface area (Å²) in [5.74, 6) is 0.00676. The number of rotatable bonds is 6. The fourth-order valence-corrected chi connectivity index (χ4v) is 3.48. The van der Waals surface area contributed by atoms with Crippen molar-refractivity contribution in [3.63, 3.8) is 0 Å². The molecular weight excluding hydrogens is 304 g/mol. The molecule has 8 heteroatoms. The number of halogens is 1. The number of H-pyrrole nitrogens is 1. The second kappa shape index (κ2) is 5.04. The number of nitrogens with one attached hydrogen (secondary N) is 1. The van der Waals surface area contributed by atoms with Crippen LogP contribution < -0.4 is 0 Å². The lowest BCUT2D eigenvalue weighted by atomic mass is 10.2. The van der Waals surface area contributed by atoms with Crippen molar-refractivity contribution in [2.75, 3.05) is 6.61 Å². The predicted molar refractivity (Wildman–Crippen MR) is 71.2 cm³/mol. The third kappa shape index (κ3) is 2.98. The zero-order valence-electron chi connectivity index (χ0n) is 10.8. The normalized spacial score (nSPS) is 19.1. The number of ether oxygens (including phenoxy) is 1. The second-order valence-corrected chi connectivity index (χ2v) is 7.90. The molecule has 2 aliphatic carbocycles. The van der Waals surface area contributed by atoms with E-state index in [1.807, 2.05) is 0 Å². The van der Waals surface area contributed by atoms with E-state index < -0.39 is 15.0 Å². The van der Waals surface area contributed by atoms with E-state index in [4.69, 9.17) is 15.4 Å². The van der Waals surface area contributed by atoms with Crippen LogP contribution in [0.5, 0.6) is 0 Å². The molecule has 0 unspecified atom stereocenters. The standard InChI is InChI=1S/C12H15ClN2O4S/c13-20(17,18)11-9(8-3-4-8)14-15-10(11)12(16)19-6-5-7-1-2-7/h7-8H,1-6H2,(H,14,15). The Labute approximate surface area is 121 Å². The Morgan fingerprint density at radius 2 is 2.05 bits per heavy atom. The fourth-order valence-electron chi connectivity index (χ4n) is 2.17. The van der Waals surface area contributed by atoms with Crippen LogP contribution in [0.4, 0.5) is 0 Å². The van der Waals surface area contributed by atoms with Gasteiger partial charge in [-0.3, -0.25) is 5.10 Å². The van der Waals surface area contributed by atoms with Crippen LogP contribution >= 0.6 is 10.7 Å². The molecule has 0 atom stereocenters. The minimum Gasteiger partial charge on any atom is -0.461 e. The molecular formula is C12H15ClN2O4S. The molecule has 2 fully saturated rings. The lowest BCUT2D eigenvalue weighted by molar-refractivity contribution is 0.0483. The lowest BCUT2D eigenvalue weighted by Gasteiger charge is -2.03. The molecule has 0 amide bonds. The Morgan fingerprint density at radius 3 is 2.60 bits per heavy atom. The molecule has 0 aliphatic heterocycles. The molecule has 1 heterocycles. The van der Waals surface area contributed by atoms with E-state index in [1.165, 1.54) is 12.8 Å². The summed E-state index contributed by atoms with van der Waals surface area (Å²) in [6.45, 7) is 0.289. The largest absolute Gasteiger partial charge is 0.461 e. The first-order valence-corrected chi connectivity index (χ1v) is 8.98. The highest BCUT2D eigenvalue weighted by Crippen LogP contribution is 2.43. The molecule has 0 spiro atoms. The smallest absolute Gasteiger partial charge is 0.360 e. The summed E-state index contributed by atoms with van der Waals surface area (Å²) in [7, 11) is 1.40. The number of carbonyl (C=O) groups excluding carboxylic acids is 1. The van der Waals surface area contributed by atoms with E-state index in [0.717, 1.165) is 19.3 Å². The van der Waals surface area contributed by atoms with Crippen molar-refractivity contribution >= 4 is 25.7 Å². The van der Waals surface area contributed by atoms with E-state index in [1.54, 1.807) is 0 Å². The number of carbonyl (C=O) groups is 1. The van der Waals surface area contributed by atoms with Gasteiger partial charge in [-0.15, -0.1) is 0 Å². The molecule has 0 bridgehead atoms. The monoisotopic (exact) mass is 318 g/mol. The van der Waals surface area contributed by atoms with Gasteiger partial charge in [-0.05, 0) is 25.2 Å². The molecule has 0 radical (unpaired) electrons. The molecule has 2 aliphatic rings. The summed E-state index contributed by atoms with van der Waals surface area (Å²) in [6, 6.07) is 0. The minimum absolute atomic E-state index is 0.0963.